The molecule has 8 heteroatoms. The first-order chi connectivity index (χ1) is 16.7. The Morgan fingerprint density at radius 1 is 1.12 bits per heavy atom. The zero-order valence-electron chi connectivity index (χ0n) is 19.4. The Bertz CT molecular complexity index is 1090. The molecule has 1 fully saturated rings. The molecule has 4 rings (SSSR count). The van der Waals surface area contributed by atoms with Gasteiger partial charge in [-0.2, -0.15) is 0 Å². The Morgan fingerprint density at radius 2 is 1.82 bits per heavy atom. The van der Waals surface area contributed by atoms with Gasteiger partial charge in [0.2, 0.25) is 5.91 Å². The van der Waals surface area contributed by atoms with Crippen molar-refractivity contribution in [3.8, 4) is 22.9 Å². The summed E-state index contributed by atoms with van der Waals surface area (Å²) in [6.07, 6.45) is 6.86. The van der Waals surface area contributed by atoms with Crippen LogP contribution in [0.5, 0.6) is 11.5 Å². The van der Waals surface area contributed by atoms with Gasteiger partial charge in [0.05, 0.1) is 18.5 Å². The van der Waals surface area contributed by atoms with Crippen molar-refractivity contribution in [2.45, 2.75) is 50.4 Å². The van der Waals surface area contributed by atoms with E-state index in [2.05, 4.69) is 22.1 Å². The summed E-state index contributed by atoms with van der Waals surface area (Å²) >= 11 is 1.35. The van der Waals surface area contributed by atoms with Crippen LogP contribution in [0.25, 0.3) is 11.4 Å². The Balaban J connectivity index is 1.38. The quantitative estimate of drug-likeness (QED) is 0.286. The molecule has 1 aliphatic carbocycles. The summed E-state index contributed by atoms with van der Waals surface area (Å²) in [5.74, 6) is 2.50. The second-order valence-corrected chi connectivity index (χ2v) is 8.99. The normalized spacial score (nSPS) is 13.6. The van der Waals surface area contributed by atoms with E-state index in [-0.39, 0.29) is 11.7 Å². The van der Waals surface area contributed by atoms with Crippen LogP contribution in [0.2, 0.25) is 0 Å². The van der Waals surface area contributed by atoms with Crippen LogP contribution in [-0.2, 0) is 11.3 Å². The van der Waals surface area contributed by atoms with Crippen LogP contribution >= 0.6 is 11.8 Å². The molecule has 0 bridgehead atoms. The highest BCUT2D eigenvalue weighted by atomic mass is 32.2. The molecule has 178 valence electrons. The van der Waals surface area contributed by atoms with Crippen molar-refractivity contribution in [2.75, 3.05) is 17.7 Å². The van der Waals surface area contributed by atoms with Crippen molar-refractivity contribution >= 4 is 23.4 Å². The van der Waals surface area contributed by atoms with Gasteiger partial charge in [0.1, 0.15) is 11.5 Å². The number of aromatic nitrogens is 3. The average Bonchev–Trinajstić information content (AvgIpc) is 3.50. The summed E-state index contributed by atoms with van der Waals surface area (Å²) in [6, 6.07) is 15.3. The largest absolute Gasteiger partial charge is 0.494 e. The first-order valence-corrected chi connectivity index (χ1v) is 12.6. The third kappa shape index (κ3) is 6.20. The number of anilines is 1. The number of nitrogens with one attached hydrogen (secondary N) is 1. The van der Waals surface area contributed by atoms with Gasteiger partial charge >= 0.3 is 0 Å². The molecule has 1 aliphatic rings. The molecule has 0 aliphatic heterocycles. The molecule has 1 aromatic heterocycles. The standard InChI is InChI=1S/C26H30N4O3S/c1-3-17-30-25(19-9-13-23(14-10-19)33-22-7-5-6-8-22)28-29-26(30)34-18-24(31)27-20-11-15-21(16-12-20)32-4-2/h3,9-16,22H,1,4-8,17-18H2,2H3,(H,27,31). The maximum atomic E-state index is 12.5. The van der Waals surface area contributed by atoms with Gasteiger partial charge in [-0.05, 0) is 81.1 Å². The fraction of sp³-hybridized carbons (Fsp3) is 0.346. The van der Waals surface area contributed by atoms with Crippen molar-refractivity contribution in [3.63, 3.8) is 0 Å². The lowest BCUT2D eigenvalue weighted by atomic mass is 10.2. The van der Waals surface area contributed by atoms with E-state index >= 15 is 0 Å². The number of allylic oxidation sites excluding steroid dienone is 1. The van der Waals surface area contributed by atoms with Crippen LogP contribution in [-0.4, -0.2) is 39.1 Å². The van der Waals surface area contributed by atoms with E-state index in [1.165, 1.54) is 24.6 Å². The molecular weight excluding hydrogens is 448 g/mol. The van der Waals surface area contributed by atoms with Gasteiger partial charge in [-0.1, -0.05) is 17.8 Å². The Morgan fingerprint density at radius 3 is 2.50 bits per heavy atom. The number of hydrogen-bond donors (Lipinski definition) is 1. The van der Waals surface area contributed by atoms with Gasteiger partial charge in [0.25, 0.3) is 0 Å². The van der Waals surface area contributed by atoms with E-state index in [9.17, 15) is 4.79 Å². The van der Waals surface area contributed by atoms with E-state index < -0.39 is 0 Å². The molecule has 34 heavy (non-hydrogen) atoms. The molecule has 7 nitrogen and oxygen atoms in total. The number of hydrogen-bond acceptors (Lipinski definition) is 6. The smallest absolute Gasteiger partial charge is 0.234 e. The maximum Gasteiger partial charge on any atom is 0.234 e. The highest BCUT2D eigenvalue weighted by Gasteiger charge is 2.18. The molecule has 0 atom stereocenters. The summed E-state index contributed by atoms with van der Waals surface area (Å²) in [7, 11) is 0. The fourth-order valence-corrected chi connectivity index (χ4v) is 4.66. The van der Waals surface area contributed by atoms with Crippen LogP contribution in [0.15, 0.2) is 66.3 Å². The molecule has 3 aromatic rings. The van der Waals surface area contributed by atoms with Crippen molar-refractivity contribution in [3.05, 3.63) is 61.2 Å². The Labute approximate surface area is 204 Å². The molecule has 1 N–H and O–H groups in total. The van der Waals surface area contributed by atoms with Crippen LogP contribution in [0.3, 0.4) is 0 Å². The monoisotopic (exact) mass is 478 g/mol. The first kappa shape index (κ1) is 23.9. The summed E-state index contributed by atoms with van der Waals surface area (Å²) < 4.78 is 13.5. The van der Waals surface area contributed by atoms with Crippen molar-refractivity contribution in [1.29, 1.82) is 0 Å². The predicted molar refractivity (Wildman–Crippen MR) is 136 cm³/mol. The molecule has 1 heterocycles. The average molecular weight is 479 g/mol. The number of carbonyl (C=O) groups is 1. The molecule has 2 aromatic carbocycles. The van der Waals surface area contributed by atoms with Gasteiger partial charge in [0.15, 0.2) is 11.0 Å². The van der Waals surface area contributed by atoms with E-state index in [1.54, 1.807) is 6.08 Å². The number of thioether (sulfide) groups is 1. The molecule has 0 spiro atoms. The summed E-state index contributed by atoms with van der Waals surface area (Å²) in [5, 5.41) is 12.3. The van der Waals surface area contributed by atoms with Crippen LogP contribution in [0, 0.1) is 0 Å². The van der Waals surface area contributed by atoms with E-state index in [0.717, 1.165) is 41.4 Å². The Hall–Kier alpha value is -3.26. The third-order valence-electron chi connectivity index (χ3n) is 5.53. The minimum absolute atomic E-state index is 0.114. The van der Waals surface area contributed by atoms with Gasteiger partial charge in [-0.25, -0.2) is 0 Å². The van der Waals surface area contributed by atoms with Crippen LogP contribution in [0.4, 0.5) is 5.69 Å². The van der Waals surface area contributed by atoms with E-state index in [4.69, 9.17) is 9.47 Å². The second kappa shape index (κ2) is 11.7. The van der Waals surface area contributed by atoms with Gasteiger partial charge < -0.3 is 14.8 Å². The Kier molecular flexibility index (Phi) is 8.25. The number of carbonyl (C=O) groups excluding carboxylic acids is 1. The second-order valence-electron chi connectivity index (χ2n) is 8.05. The number of benzene rings is 2. The lowest BCUT2D eigenvalue weighted by molar-refractivity contribution is -0.113. The SMILES string of the molecule is C=CCn1c(SCC(=O)Nc2ccc(OCC)cc2)nnc1-c1ccc(OC2CCCC2)cc1. The molecule has 0 radical (unpaired) electrons. The van der Waals surface area contributed by atoms with Crippen molar-refractivity contribution < 1.29 is 14.3 Å². The molecule has 1 saturated carbocycles. The topological polar surface area (TPSA) is 78.3 Å². The lowest BCUT2D eigenvalue weighted by Crippen LogP contribution is -2.14. The van der Waals surface area contributed by atoms with Gasteiger partial charge in [0, 0.05) is 17.8 Å². The predicted octanol–water partition coefficient (Wildman–Crippen LogP) is 5.58. The summed E-state index contributed by atoms with van der Waals surface area (Å²) in [6.45, 7) is 6.95. The van der Waals surface area contributed by atoms with E-state index in [0.29, 0.717) is 24.4 Å². The molecular formula is C26H30N4O3S. The van der Waals surface area contributed by atoms with Gasteiger partial charge in [-0.15, -0.1) is 16.8 Å². The fourth-order valence-electron chi connectivity index (χ4n) is 3.91. The van der Waals surface area contributed by atoms with E-state index in [1.807, 2.05) is 60.0 Å². The highest BCUT2D eigenvalue weighted by molar-refractivity contribution is 7.99. The van der Waals surface area contributed by atoms with Crippen LogP contribution in [0.1, 0.15) is 32.6 Å². The molecule has 0 saturated heterocycles. The zero-order chi connectivity index (χ0) is 23.8. The summed E-state index contributed by atoms with van der Waals surface area (Å²) in [4.78, 5) is 12.5. The van der Waals surface area contributed by atoms with Crippen molar-refractivity contribution in [1.82, 2.24) is 14.8 Å². The molecule has 1 amide bonds. The number of amides is 1. The minimum atomic E-state index is -0.114. The minimum Gasteiger partial charge on any atom is -0.494 e. The molecule has 0 unspecified atom stereocenters. The van der Waals surface area contributed by atoms with Gasteiger partial charge in [-0.3, -0.25) is 9.36 Å². The lowest BCUT2D eigenvalue weighted by Gasteiger charge is -2.13. The maximum absolute atomic E-state index is 12.5. The number of ether oxygens (including phenoxy) is 2. The zero-order valence-corrected chi connectivity index (χ0v) is 20.2. The number of rotatable bonds is 11. The third-order valence-corrected chi connectivity index (χ3v) is 6.49. The van der Waals surface area contributed by atoms with Crippen LogP contribution < -0.4 is 14.8 Å². The summed E-state index contributed by atoms with van der Waals surface area (Å²) in [5.41, 5.74) is 1.67. The highest BCUT2D eigenvalue weighted by Crippen LogP contribution is 2.28. The number of nitrogens with zero attached hydrogens (tertiary/aromatic N) is 3. The first-order valence-electron chi connectivity index (χ1n) is 11.6. The van der Waals surface area contributed by atoms with Crippen molar-refractivity contribution in [2.24, 2.45) is 0 Å².